The van der Waals surface area contributed by atoms with Gasteiger partial charge in [0, 0.05) is 23.5 Å². The van der Waals surface area contributed by atoms with Gasteiger partial charge in [0.1, 0.15) is 18.5 Å². The third kappa shape index (κ3) is 4.35. The largest absolute Gasteiger partial charge is 0.489 e. The second-order valence-corrected chi connectivity index (χ2v) is 4.84. The Bertz CT molecular complexity index is 517. The molecule has 6 heteroatoms. The van der Waals surface area contributed by atoms with Gasteiger partial charge in [0.15, 0.2) is 0 Å². The number of aromatic nitrogens is 1. The molecular weight excluding hydrogens is 287 g/mol. The van der Waals surface area contributed by atoms with E-state index in [1.807, 2.05) is 24.5 Å². The molecule has 0 fully saturated rings. The lowest BCUT2D eigenvalue weighted by Gasteiger charge is -2.15. The summed E-state index contributed by atoms with van der Waals surface area (Å²) in [6, 6.07) is 8.74. The lowest BCUT2D eigenvalue weighted by molar-refractivity contribution is 0.115. The SMILES string of the molecule is OC(CNn1cccc1)COc1cc(Cl)ccc1Cl. The predicted molar refractivity (Wildman–Crippen MR) is 76.6 cm³/mol. The van der Waals surface area contributed by atoms with Crippen molar-refractivity contribution < 1.29 is 9.84 Å². The minimum atomic E-state index is -0.655. The summed E-state index contributed by atoms with van der Waals surface area (Å²) in [5.74, 6) is 0.467. The Morgan fingerprint density at radius 3 is 2.74 bits per heavy atom. The molecule has 102 valence electrons. The minimum Gasteiger partial charge on any atom is -0.489 e. The summed E-state index contributed by atoms with van der Waals surface area (Å²) in [4.78, 5) is 0. The average molecular weight is 301 g/mol. The first-order valence-electron chi connectivity index (χ1n) is 5.78. The zero-order valence-electron chi connectivity index (χ0n) is 10.1. The molecule has 2 aromatic rings. The summed E-state index contributed by atoms with van der Waals surface area (Å²) in [6.45, 7) is 0.501. The van der Waals surface area contributed by atoms with Crippen LogP contribution in [-0.4, -0.2) is 29.0 Å². The van der Waals surface area contributed by atoms with Gasteiger partial charge in [0.2, 0.25) is 0 Å². The highest BCUT2D eigenvalue weighted by molar-refractivity contribution is 6.34. The zero-order valence-corrected chi connectivity index (χ0v) is 11.6. The highest BCUT2D eigenvalue weighted by atomic mass is 35.5. The van der Waals surface area contributed by atoms with E-state index in [1.165, 1.54) is 0 Å². The maximum atomic E-state index is 9.79. The van der Waals surface area contributed by atoms with E-state index in [-0.39, 0.29) is 6.61 Å². The third-order valence-electron chi connectivity index (χ3n) is 2.44. The number of benzene rings is 1. The van der Waals surface area contributed by atoms with E-state index in [1.54, 1.807) is 22.9 Å². The molecule has 19 heavy (non-hydrogen) atoms. The Kier molecular flexibility index (Phi) is 4.96. The van der Waals surface area contributed by atoms with Gasteiger partial charge >= 0.3 is 0 Å². The Balaban J connectivity index is 1.79. The van der Waals surface area contributed by atoms with Gasteiger partial charge in [-0.3, -0.25) is 4.68 Å². The summed E-state index contributed by atoms with van der Waals surface area (Å²) in [5.41, 5.74) is 3.01. The molecule has 1 atom stereocenters. The lowest BCUT2D eigenvalue weighted by atomic mass is 10.3. The molecule has 0 saturated heterocycles. The number of nitrogens with one attached hydrogen (secondary N) is 1. The van der Waals surface area contributed by atoms with E-state index in [0.29, 0.717) is 22.3 Å². The smallest absolute Gasteiger partial charge is 0.139 e. The first kappa shape index (κ1) is 14.1. The quantitative estimate of drug-likeness (QED) is 0.862. The maximum Gasteiger partial charge on any atom is 0.139 e. The molecule has 2 rings (SSSR count). The number of rotatable bonds is 6. The number of hydrogen-bond acceptors (Lipinski definition) is 3. The van der Waals surface area contributed by atoms with E-state index >= 15 is 0 Å². The maximum absolute atomic E-state index is 9.79. The summed E-state index contributed by atoms with van der Waals surface area (Å²) >= 11 is 11.8. The molecule has 0 amide bonds. The van der Waals surface area contributed by atoms with Crippen LogP contribution >= 0.6 is 23.2 Å². The van der Waals surface area contributed by atoms with Gasteiger partial charge in [-0.05, 0) is 24.3 Å². The van der Waals surface area contributed by atoms with E-state index < -0.39 is 6.10 Å². The molecule has 0 aliphatic carbocycles. The fraction of sp³-hybridized carbons (Fsp3) is 0.231. The summed E-state index contributed by atoms with van der Waals surface area (Å²) < 4.78 is 7.19. The van der Waals surface area contributed by atoms with Crippen molar-refractivity contribution in [2.75, 3.05) is 18.6 Å². The second kappa shape index (κ2) is 6.70. The topological polar surface area (TPSA) is 46.4 Å². The predicted octanol–water partition coefficient (Wildman–Crippen LogP) is 2.78. The molecule has 0 saturated carbocycles. The van der Waals surface area contributed by atoms with Crippen LogP contribution in [-0.2, 0) is 0 Å². The Hall–Kier alpha value is -1.36. The van der Waals surface area contributed by atoms with Crippen LogP contribution in [0.3, 0.4) is 0 Å². The van der Waals surface area contributed by atoms with Crippen molar-refractivity contribution in [3.63, 3.8) is 0 Å². The fourth-order valence-corrected chi connectivity index (χ4v) is 1.82. The van der Waals surface area contributed by atoms with E-state index in [4.69, 9.17) is 27.9 Å². The number of aliphatic hydroxyl groups excluding tert-OH is 1. The van der Waals surface area contributed by atoms with E-state index in [2.05, 4.69) is 5.43 Å². The second-order valence-electron chi connectivity index (χ2n) is 3.99. The first-order valence-corrected chi connectivity index (χ1v) is 6.53. The Morgan fingerprint density at radius 1 is 1.26 bits per heavy atom. The number of ether oxygens (including phenoxy) is 1. The Labute approximate surface area is 121 Å². The van der Waals surface area contributed by atoms with Crippen LogP contribution in [0.4, 0.5) is 0 Å². The third-order valence-corrected chi connectivity index (χ3v) is 2.99. The van der Waals surface area contributed by atoms with Crippen LogP contribution in [0, 0.1) is 0 Å². The number of aliphatic hydroxyl groups is 1. The summed E-state index contributed by atoms with van der Waals surface area (Å²) in [7, 11) is 0. The molecule has 4 nitrogen and oxygen atoms in total. The molecule has 1 heterocycles. The van der Waals surface area contributed by atoms with E-state index in [0.717, 1.165) is 0 Å². The molecule has 0 radical (unpaired) electrons. The van der Waals surface area contributed by atoms with Gasteiger partial charge in [0.05, 0.1) is 11.6 Å². The van der Waals surface area contributed by atoms with Crippen molar-refractivity contribution in [1.82, 2.24) is 4.68 Å². The van der Waals surface area contributed by atoms with Gasteiger partial charge in [-0.2, -0.15) is 0 Å². The number of hydrogen-bond donors (Lipinski definition) is 2. The molecule has 2 N–H and O–H groups in total. The molecule has 0 spiro atoms. The molecule has 1 unspecified atom stereocenters. The number of nitrogens with zero attached hydrogens (tertiary/aromatic N) is 1. The first-order chi connectivity index (χ1) is 9.15. The molecule has 0 aliphatic heterocycles. The van der Waals surface area contributed by atoms with Crippen molar-refractivity contribution in [3.05, 3.63) is 52.8 Å². The standard InChI is InChI=1S/C13H14Cl2N2O2/c14-10-3-4-12(15)13(7-10)19-9-11(18)8-16-17-5-1-2-6-17/h1-7,11,16,18H,8-9H2. The van der Waals surface area contributed by atoms with Crippen LogP contribution in [0.5, 0.6) is 5.75 Å². The zero-order chi connectivity index (χ0) is 13.7. The van der Waals surface area contributed by atoms with Gasteiger partial charge in [-0.15, -0.1) is 0 Å². The van der Waals surface area contributed by atoms with Crippen LogP contribution in [0.25, 0.3) is 0 Å². The van der Waals surface area contributed by atoms with Crippen LogP contribution in [0.1, 0.15) is 0 Å². The molecule has 0 aliphatic rings. The number of halogens is 2. The van der Waals surface area contributed by atoms with Crippen molar-refractivity contribution in [1.29, 1.82) is 0 Å². The lowest BCUT2D eigenvalue weighted by Crippen LogP contribution is -2.30. The molecule has 1 aromatic carbocycles. The Morgan fingerprint density at radius 2 is 2.00 bits per heavy atom. The van der Waals surface area contributed by atoms with Crippen molar-refractivity contribution >= 4 is 23.2 Å². The average Bonchev–Trinajstić information content (AvgIpc) is 2.90. The van der Waals surface area contributed by atoms with Crippen LogP contribution < -0.4 is 10.2 Å². The minimum absolute atomic E-state index is 0.133. The van der Waals surface area contributed by atoms with Gasteiger partial charge in [-0.1, -0.05) is 23.2 Å². The summed E-state index contributed by atoms with van der Waals surface area (Å²) in [6.07, 6.45) is 3.04. The van der Waals surface area contributed by atoms with Crippen LogP contribution in [0.2, 0.25) is 10.0 Å². The molecular formula is C13H14Cl2N2O2. The van der Waals surface area contributed by atoms with Crippen LogP contribution in [0.15, 0.2) is 42.7 Å². The van der Waals surface area contributed by atoms with Gasteiger partial charge in [-0.25, -0.2) is 0 Å². The van der Waals surface area contributed by atoms with Crippen molar-refractivity contribution in [2.45, 2.75) is 6.10 Å². The normalized spacial score (nSPS) is 12.2. The molecule has 0 bridgehead atoms. The van der Waals surface area contributed by atoms with Crippen molar-refractivity contribution in [3.8, 4) is 5.75 Å². The summed E-state index contributed by atoms with van der Waals surface area (Å²) in [5, 5.41) is 10.8. The van der Waals surface area contributed by atoms with Gasteiger partial charge < -0.3 is 15.3 Å². The van der Waals surface area contributed by atoms with E-state index in [9.17, 15) is 5.11 Å². The highest BCUT2D eigenvalue weighted by Crippen LogP contribution is 2.27. The monoisotopic (exact) mass is 300 g/mol. The van der Waals surface area contributed by atoms with Crippen molar-refractivity contribution in [2.24, 2.45) is 0 Å². The highest BCUT2D eigenvalue weighted by Gasteiger charge is 2.08. The molecule has 1 aromatic heterocycles. The van der Waals surface area contributed by atoms with Gasteiger partial charge in [0.25, 0.3) is 0 Å². The fourth-order valence-electron chi connectivity index (χ4n) is 1.48.